The van der Waals surface area contributed by atoms with E-state index in [4.69, 9.17) is 21.1 Å². The van der Waals surface area contributed by atoms with Gasteiger partial charge in [-0.25, -0.2) is 5.43 Å². The molecule has 0 aromatic heterocycles. The van der Waals surface area contributed by atoms with E-state index in [0.29, 0.717) is 35.3 Å². The van der Waals surface area contributed by atoms with E-state index in [0.717, 1.165) is 5.56 Å². The van der Waals surface area contributed by atoms with E-state index < -0.39 is 11.8 Å². The summed E-state index contributed by atoms with van der Waals surface area (Å²) in [5, 5.41) is 6.91. The van der Waals surface area contributed by atoms with Crippen molar-refractivity contribution in [2.45, 2.75) is 13.5 Å². The minimum Gasteiger partial charge on any atom is -0.490 e. The van der Waals surface area contributed by atoms with Crippen LogP contribution in [-0.4, -0.2) is 31.2 Å². The predicted molar refractivity (Wildman–Crippen MR) is 112 cm³/mol. The van der Waals surface area contributed by atoms with Gasteiger partial charge in [0.1, 0.15) is 6.61 Å². The van der Waals surface area contributed by atoms with Crippen molar-refractivity contribution >= 4 is 29.6 Å². The van der Waals surface area contributed by atoms with Crippen LogP contribution in [0.5, 0.6) is 11.5 Å². The Kier molecular flexibility index (Phi) is 8.72. The molecule has 29 heavy (non-hydrogen) atoms. The zero-order valence-electron chi connectivity index (χ0n) is 16.0. The summed E-state index contributed by atoms with van der Waals surface area (Å²) in [6.45, 7) is 6.50. The van der Waals surface area contributed by atoms with E-state index in [2.05, 4.69) is 22.4 Å². The number of amides is 2. The van der Waals surface area contributed by atoms with Crippen LogP contribution in [0.1, 0.15) is 18.1 Å². The highest BCUT2D eigenvalue weighted by molar-refractivity contribution is 6.35. The Bertz CT molecular complexity index is 882. The summed E-state index contributed by atoms with van der Waals surface area (Å²) < 4.78 is 11.1. The van der Waals surface area contributed by atoms with Gasteiger partial charge in [0.2, 0.25) is 0 Å². The number of hydrazone groups is 1. The first kappa shape index (κ1) is 22.0. The fraction of sp³-hybridized carbons (Fsp3) is 0.190. The molecule has 8 heteroatoms. The van der Waals surface area contributed by atoms with E-state index >= 15 is 0 Å². The van der Waals surface area contributed by atoms with Crippen molar-refractivity contribution in [1.29, 1.82) is 0 Å². The molecule has 2 N–H and O–H groups in total. The molecule has 0 fully saturated rings. The minimum atomic E-state index is -0.869. The Morgan fingerprint density at radius 2 is 1.86 bits per heavy atom. The van der Waals surface area contributed by atoms with Gasteiger partial charge < -0.3 is 14.8 Å². The summed E-state index contributed by atoms with van der Waals surface area (Å²) in [6, 6.07) is 12.1. The first-order valence-corrected chi connectivity index (χ1v) is 9.27. The number of halogens is 1. The number of hydrogen-bond donors (Lipinski definition) is 2. The number of hydrogen-bond acceptors (Lipinski definition) is 5. The lowest BCUT2D eigenvalue weighted by molar-refractivity contribution is -0.139. The molecule has 2 amide bonds. The third-order valence-corrected chi connectivity index (χ3v) is 3.83. The highest BCUT2D eigenvalue weighted by atomic mass is 35.5. The first-order valence-electron chi connectivity index (χ1n) is 8.89. The summed E-state index contributed by atoms with van der Waals surface area (Å²) >= 11 is 5.80. The first-order chi connectivity index (χ1) is 14.0. The van der Waals surface area contributed by atoms with E-state index in [9.17, 15) is 9.59 Å². The van der Waals surface area contributed by atoms with Gasteiger partial charge in [-0.3, -0.25) is 9.59 Å². The largest absolute Gasteiger partial charge is 0.490 e. The van der Waals surface area contributed by atoms with Crippen molar-refractivity contribution in [3.63, 3.8) is 0 Å². The zero-order valence-corrected chi connectivity index (χ0v) is 16.7. The number of nitrogens with one attached hydrogen (secondary N) is 2. The molecular formula is C21H22ClN3O4. The maximum Gasteiger partial charge on any atom is 0.329 e. The third-order valence-electron chi connectivity index (χ3n) is 3.58. The Morgan fingerprint density at radius 1 is 1.10 bits per heavy atom. The monoisotopic (exact) mass is 415 g/mol. The average molecular weight is 416 g/mol. The van der Waals surface area contributed by atoms with Gasteiger partial charge in [0.25, 0.3) is 0 Å². The van der Waals surface area contributed by atoms with Crippen LogP contribution in [0.4, 0.5) is 0 Å². The second kappa shape index (κ2) is 11.5. The van der Waals surface area contributed by atoms with Gasteiger partial charge in [0.05, 0.1) is 12.8 Å². The Hall–Kier alpha value is -3.32. The number of nitrogens with zero attached hydrogens (tertiary/aromatic N) is 1. The molecule has 7 nitrogen and oxygen atoms in total. The second-order valence-corrected chi connectivity index (χ2v) is 6.18. The maximum absolute atomic E-state index is 11.8. The van der Waals surface area contributed by atoms with E-state index in [1.807, 2.05) is 6.92 Å². The molecule has 2 aromatic rings. The van der Waals surface area contributed by atoms with Crippen LogP contribution in [0.15, 0.2) is 60.2 Å². The summed E-state index contributed by atoms with van der Waals surface area (Å²) in [6.07, 6.45) is 3.04. The molecule has 0 saturated heterocycles. The normalized spacial score (nSPS) is 10.4. The fourth-order valence-corrected chi connectivity index (χ4v) is 2.35. The third kappa shape index (κ3) is 7.31. The molecule has 0 atom stereocenters. The van der Waals surface area contributed by atoms with Gasteiger partial charge in [0.15, 0.2) is 11.5 Å². The molecule has 0 spiro atoms. The van der Waals surface area contributed by atoms with E-state index in [1.165, 1.54) is 6.21 Å². The minimum absolute atomic E-state index is 0.205. The number of ether oxygens (including phenoxy) is 2. The molecule has 0 bridgehead atoms. The highest BCUT2D eigenvalue weighted by Crippen LogP contribution is 2.28. The lowest BCUT2D eigenvalue weighted by Crippen LogP contribution is -2.37. The second-order valence-electron chi connectivity index (χ2n) is 5.75. The number of carbonyl (C=O) groups is 2. The van der Waals surface area contributed by atoms with Crippen LogP contribution in [0, 0.1) is 0 Å². The van der Waals surface area contributed by atoms with Crippen molar-refractivity contribution in [3.8, 4) is 11.5 Å². The van der Waals surface area contributed by atoms with Crippen molar-refractivity contribution in [1.82, 2.24) is 10.7 Å². The molecule has 0 saturated carbocycles. The topological polar surface area (TPSA) is 89.0 Å². The Morgan fingerprint density at radius 3 is 2.55 bits per heavy atom. The maximum atomic E-state index is 11.8. The molecule has 0 aliphatic carbocycles. The molecule has 152 valence electrons. The number of benzene rings is 2. The molecule has 2 aromatic carbocycles. The standard InChI is InChI=1S/C21H22ClN3O4/c1-3-11-29-18-10-7-16(12-19(18)28-4-2)14-24-25-21(27)20(26)23-13-15-5-8-17(22)9-6-15/h3,5-10,12,14H,1,4,11,13H2,2H3,(H,23,26)(H,25,27)/b24-14-. The van der Waals surface area contributed by atoms with Crippen LogP contribution in [-0.2, 0) is 16.1 Å². The van der Waals surface area contributed by atoms with Gasteiger partial charge >= 0.3 is 11.8 Å². The number of rotatable bonds is 9. The fourth-order valence-electron chi connectivity index (χ4n) is 2.22. The van der Waals surface area contributed by atoms with Crippen molar-refractivity contribution in [3.05, 3.63) is 71.3 Å². The Labute approximate surface area is 174 Å². The molecule has 0 heterocycles. The van der Waals surface area contributed by atoms with Crippen molar-refractivity contribution < 1.29 is 19.1 Å². The van der Waals surface area contributed by atoms with Gasteiger partial charge in [-0.05, 0) is 48.4 Å². The van der Waals surface area contributed by atoms with Crippen LogP contribution < -0.4 is 20.2 Å². The summed E-state index contributed by atoms with van der Waals surface area (Å²) in [4.78, 5) is 23.7. The molecule has 0 unspecified atom stereocenters. The highest BCUT2D eigenvalue weighted by Gasteiger charge is 2.12. The predicted octanol–water partition coefficient (Wildman–Crippen LogP) is 3.07. The summed E-state index contributed by atoms with van der Waals surface area (Å²) in [5.41, 5.74) is 3.68. The van der Waals surface area contributed by atoms with Crippen LogP contribution in [0.2, 0.25) is 5.02 Å². The van der Waals surface area contributed by atoms with Crippen molar-refractivity contribution in [2.24, 2.45) is 5.10 Å². The Balaban J connectivity index is 1.89. The lowest BCUT2D eigenvalue weighted by atomic mass is 10.2. The SMILES string of the molecule is C=CCOc1ccc(/C=N\NC(=O)C(=O)NCc2ccc(Cl)cc2)cc1OCC. The summed E-state index contributed by atoms with van der Waals surface area (Å²) in [7, 11) is 0. The molecule has 0 aliphatic rings. The van der Waals surface area contributed by atoms with Crippen LogP contribution in [0.3, 0.4) is 0 Å². The quantitative estimate of drug-likeness (QED) is 0.285. The van der Waals surface area contributed by atoms with E-state index in [1.54, 1.807) is 48.5 Å². The van der Waals surface area contributed by atoms with Crippen LogP contribution >= 0.6 is 11.6 Å². The molecule has 0 radical (unpaired) electrons. The molecular weight excluding hydrogens is 394 g/mol. The number of carbonyl (C=O) groups excluding carboxylic acids is 2. The van der Waals surface area contributed by atoms with Gasteiger partial charge in [-0.15, -0.1) is 0 Å². The van der Waals surface area contributed by atoms with Crippen LogP contribution in [0.25, 0.3) is 0 Å². The summed E-state index contributed by atoms with van der Waals surface area (Å²) in [5.74, 6) is -0.536. The van der Waals surface area contributed by atoms with Crippen molar-refractivity contribution in [2.75, 3.05) is 13.2 Å². The van der Waals surface area contributed by atoms with Gasteiger partial charge in [-0.2, -0.15) is 5.10 Å². The smallest absolute Gasteiger partial charge is 0.329 e. The van der Waals surface area contributed by atoms with E-state index in [-0.39, 0.29) is 6.54 Å². The molecule has 0 aliphatic heterocycles. The zero-order chi connectivity index (χ0) is 21.1. The average Bonchev–Trinajstić information content (AvgIpc) is 2.72. The molecule has 2 rings (SSSR count). The van der Waals surface area contributed by atoms with Gasteiger partial charge in [-0.1, -0.05) is 36.4 Å². The van der Waals surface area contributed by atoms with Gasteiger partial charge in [0, 0.05) is 11.6 Å². The lowest BCUT2D eigenvalue weighted by Gasteiger charge is -2.11.